The van der Waals surface area contributed by atoms with Crippen LogP contribution in [0.4, 0.5) is 0 Å². The van der Waals surface area contributed by atoms with Gasteiger partial charge in [0.1, 0.15) is 6.04 Å². The number of hydrogen-bond donors (Lipinski definition) is 1. The van der Waals surface area contributed by atoms with E-state index in [1.807, 2.05) is 43.1 Å². The second-order valence-corrected chi connectivity index (χ2v) is 5.59. The molecule has 1 aromatic carbocycles. The monoisotopic (exact) mass is 277 g/mol. The van der Waals surface area contributed by atoms with E-state index in [2.05, 4.69) is 0 Å². The Bertz CT molecular complexity index is 455. The Labute approximate surface area is 120 Å². The van der Waals surface area contributed by atoms with Gasteiger partial charge in [-0.1, -0.05) is 24.3 Å². The highest BCUT2D eigenvalue weighted by atomic mass is 16.5. The Hall–Kier alpha value is -1.39. The Kier molecular flexibility index (Phi) is 5.15. The molecule has 1 fully saturated rings. The lowest BCUT2D eigenvalue weighted by atomic mass is 9.96. The van der Waals surface area contributed by atoms with Gasteiger partial charge in [0, 0.05) is 19.8 Å². The van der Waals surface area contributed by atoms with Crippen LogP contribution in [0, 0.1) is 12.8 Å². The first-order valence-corrected chi connectivity index (χ1v) is 7.16. The molecule has 1 saturated heterocycles. The van der Waals surface area contributed by atoms with Gasteiger partial charge in [-0.2, -0.15) is 0 Å². The molecule has 0 spiro atoms. The molecule has 0 aromatic heterocycles. The number of carbonyl (C=O) groups is 1. The minimum Gasteiger partial charge on any atom is -0.480 e. The van der Waals surface area contributed by atoms with Crippen molar-refractivity contribution in [1.82, 2.24) is 4.90 Å². The Morgan fingerprint density at radius 3 is 2.65 bits per heavy atom. The number of hydrogen-bond acceptors (Lipinski definition) is 3. The summed E-state index contributed by atoms with van der Waals surface area (Å²) in [5.74, 6) is -0.256. The van der Waals surface area contributed by atoms with Gasteiger partial charge in [0.2, 0.25) is 0 Å². The topological polar surface area (TPSA) is 49.8 Å². The molecule has 1 N–H and O–H groups in total. The smallest absolute Gasteiger partial charge is 0.325 e. The van der Waals surface area contributed by atoms with Crippen molar-refractivity contribution in [2.45, 2.75) is 25.8 Å². The Morgan fingerprint density at radius 1 is 1.40 bits per heavy atom. The third-order valence-corrected chi connectivity index (χ3v) is 4.04. The van der Waals surface area contributed by atoms with Gasteiger partial charge in [-0.05, 0) is 43.9 Å². The molecule has 0 saturated carbocycles. The molecule has 0 amide bonds. The quantitative estimate of drug-likeness (QED) is 0.898. The van der Waals surface area contributed by atoms with Crippen molar-refractivity contribution < 1.29 is 14.6 Å². The summed E-state index contributed by atoms with van der Waals surface area (Å²) in [4.78, 5) is 13.6. The second-order valence-electron chi connectivity index (χ2n) is 5.59. The number of aryl methyl sites for hydroxylation is 1. The van der Waals surface area contributed by atoms with Gasteiger partial charge >= 0.3 is 5.97 Å². The highest BCUT2D eigenvalue weighted by Crippen LogP contribution is 2.26. The number of carboxylic acids is 1. The lowest BCUT2D eigenvalue weighted by Crippen LogP contribution is -2.36. The fourth-order valence-corrected chi connectivity index (χ4v) is 2.89. The van der Waals surface area contributed by atoms with Crippen LogP contribution < -0.4 is 0 Å². The van der Waals surface area contributed by atoms with Crippen LogP contribution in [0.15, 0.2) is 24.3 Å². The number of aliphatic carboxylic acids is 1. The van der Waals surface area contributed by atoms with Gasteiger partial charge in [0.15, 0.2) is 0 Å². The Morgan fingerprint density at radius 2 is 2.05 bits per heavy atom. The van der Waals surface area contributed by atoms with Gasteiger partial charge in [-0.15, -0.1) is 0 Å². The van der Waals surface area contributed by atoms with Crippen LogP contribution in [-0.2, 0) is 9.53 Å². The second kappa shape index (κ2) is 6.86. The number of benzene rings is 1. The van der Waals surface area contributed by atoms with E-state index in [4.69, 9.17) is 4.74 Å². The van der Waals surface area contributed by atoms with Crippen LogP contribution in [0.5, 0.6) is 0 Å². The van der Waals surface area contributed by atoms with Gasteiger partial charge in [-0.3, -0.25) is 9.69 Å². The summed E-state index contributed by atoms with van der Waals surface area (Å²) in [5.41, 5.74) is 1.91. The molecule has 1 aromatic rings. The average molecular weight is 277 g/mol. The molecule has 1 atom stereocenters. The van der Waals surface area contributed by atoms with Crippen molar-refractivity contribution in [3.8, 4) is 0 Å². The summed E-state index contributed by atoms with van der Waals surface area (Å²) in [6, 6.07) is 7.15. The number of carboxylic acid groups (broad SMARTS) is 1. The van der Waals surface area contributed by atoms with E-state index in [-0.39, 0.29) is 0 Å². The predicted octanol–water partition coefficient (Wildman–Crippen LogP) is 2.48. The molecule has 0 unspecified atom stereocenters. The van der Waals surface area contributed by atoms with Crippen LogP contribution in [0.3, 0.4) is 0 Å². The van der Waals surface area contributed by atoms with Crippen molar-refractivity contribution in [2.75, 3.05) is 26.8 Å². The fourth-order valence-electron chi connectivity index (χ4n) is 2.89. The number of rotatable bonds is 5. The molecule has 1 heterocycles. The molecule has 4 heteroatoms. The molecule has 2 rings (SSSR count). The molecule has 1 aliphatic heterocycles. The summed E-state index contributed by atoms with van der Waals surface area (Å²) in [5, 5.41) is 9.58. The highest BCUT2D eigenvalue weighted by Gasteiger charge is 2.28. The third kappa shape index (κ3) is 3.58. The molecule has 110 valence electrons. The zero-order valence-corrected chi connectivity index (χ0v) is 12.2. The van der Waals surface area contributed by atoms with E-state index in [0.29, 0.717) is 5.92 Å². The summed E-state index contributed by atoms with van der Waals surface area (Å²) >= 11 is 0. The van der Waals surface area contributed by atoms with Crippen LogP contribution >= 0.6 is 0 Å². The normalized spacial score (nSPS) is 18.1. The van der Waals surface area contributed by atoms with E-state index in [1.54, 1.807) is 0 Å². The van der Waals surface area contributed by atoms with Gasteiger partial charge in [0.25, 0.3) is 0 Å². The lowest BCUT2D eigenvalue weighted by Gasteiger charge is -2.31. The molecule has 20 heavy (non-hydrogen) atoms. The van der Waals surface area contributed by atoms with Crippen molar-refractivity contribution in [1.29, 1.82) is 0 Å². The minimum absolute atomic E-state index is 0.527. The van der Waals surface area contributed by atoms with Crippen LogP contribution in [-0.4, -0.2) is 42.8 Å². The van der Waals surface area contributed by atoms with E-state index >= 15 is 0 Å². The van der Waals surface area contributed by atoms with Crippen molar-refractivity contribution >= 4 is 5.97 Å². The third-order valence-electron chi connectivity index (χ3n) is 4.04. The van der Waals surface area contributed by atoms with Crippen LogP contribution in [0.1, 0.15) is 30.0 Å². The molecule has 0 bridgehead atoms. The molecule has 1 aliphatic rings. The minimum atomic E-state index is -0.783. The molecular weight excluding hydrogens is 254 g/mol. The van der Waals surface area contributed by atoms with Crippen molar-refractivity contribution in [3.05, 3.63) is 35.4 Å². The standard InChI is InChI=1S/C16H23NO3/c1-12-5-3-4-6-14(12)15(16(18)19)17(2)11-13-7-9-20-10-8-13/h3-6,13,15H,7-11H2,1-2H3,(H,18,19)/t15-/m0/s1. The lowest BCUT2D eigenvalue weighted by molar-refractivity contribution is -0.143. The summed E-state index contributed by atoms with van der Waals surface area (Å²) in [6.07, 6.45) is 2.04. The van der Waals surface area contributed by atoms with Crippen LogP contribution in [0.25, 0.3) is 0 Å². The first-order chi connectivity index (χ1) is 9.59. The van der Waals surface area contributed by atoms with Crippen molar-refractivity contribution in [3.63, 3.8) is 0 Å². The number of nitrogens with zero attached hydrogens (tertiary/aromatic N) is 1. The summed E-state index contributed by atoms with van der Waals surface area (Å²) in [6.45, 7) is 4.35. The SMILES string of the molecule is Cc1ccccc1[C@@H](C(=O)O)N(C)CC1CCOCC1. The van der Waals surface area contributed by atoms with Crippen LogP contribution in [0.2, 0.25) is 0 Å². The molecule has 0 radical (unpaired) electrons. The zero-order chi connectivity index (χ0) is 14.5. The predicted molar refractivity (Wildman–Crippen MR) is 77.7 cm³/mol. The van der Waals surface area contributed by atoms with Gasteiger partial charge < -0.3 is 9.84 Å². The first kappa shape index (κ1) is 15.0. The van der Waals surface area contributed by atoms with E-state index in [0.717, 1.165) is 43.7 Å². The summed E-state index contributed by atoms with van der Waals surface area (Å²) in [7, 11) is 1.90. The van der Waals surface area contributed by atoms with E-state index in [9.17, 15) is 9.90 Å². The van der Waals surface area contributed by atoms with E-state index in [1.165, 1.54) is 0 Å². The fraction of sp³-hybridized carbons (Fsp3) is 0.562. The maximum atomic E-state index is 11.7. The van der Waals surface area contributed by atoms with Gasteiger partial charge in [-0.25, -0.2) is 0 Å². The number of ether oxygens (including phenoxy) is 1. The molecule has 0 aliphatic carbocycles. The zero-order valence-electron chi connectivity index (χ0n) is 12.2. The van der Waals surface area contributed by atoms with Gasteiger partial charge in [0.05, 0.1) is 0 Å². The average Bonchev–Trinajstić information content (AvgIpc) is 2.42. The van der Waals surface area contributed by atoms with E-state index < -0.39 is 12.0 Å². The maximum absolute atomic E-state index is 11.7. The first-order valence-electron chi connectivity index (χ1n) is 7.16. The summed E-state index contributed by atoms with van der Waals surface area (Å²) < 4.78 is 5.36. The molecular formula is C16H23NO3. The Balaban J connectivity index is 2.12. The maximum Gasteiger partial charge on any atom is 0.325 e. The highest BCUT2D eigenvalue weighted by molar-refractivity contribution is 5.76. The largest absolute Gasteiger partial charge is 0.480 e. The van der Waals surface area contributed by atoms with Crippen molar-refractivity contribution in [2.24, 2.45) is 5.92 Å². The number of likely N-dealkylation sites (N-methyl/N-ethyl adjacent to an activating group) is 1. The molecule has 4 nitrogen and oxygen atoms in total.